The molecule has 2 nitrogen and oxygen atoms in total. The molecule has 1 N–H and O–H groups in total. The van der Waals surface area contributed by atoms with Gasteiger partial charge in [-0.2, -0.15) is 0 Å². The van der Waals surface area contributed by atoms with Crippen molar-refractivity contribution in [2.75, 3.05) is 26.7 Å². The first kappa shape index (κ1) is 13.0. The summed E-state index contributed by atoms with van der Waals surface area (Å²) >= 11 is 0. The van der Waals surface area contributed by atoms with E-state index in [-0.39, 0.29) is 0 Å². The third kappa shape index (κ3) is 6.16. The van der Waals surface area contributed by atoms with Gasteiger partial charge in [-0.1, -0.05) is 13.8 Å². The van der Waals surface area contributed by atoms with Crippen LogP contribution in [0.1, 0.15) is 46.0 Å². The van der Waals surface area contributed by atoms with Gasteiger partial charge < -0.3 is 10.2 Å². The monoisotopic (exact) mass is 212 g/mol. The van der Waals surface area contributed by atoms with Gasteiger partial charge in [0.1, 0.15) is 0 Å². The zero-order valence-corrected chi connectivity index (χ0v) is 10.8. The van der Waals surface area contributed by atoms with Crippen LogP contribution in [0.3, 0.4) is 0 Å². The van der Waals surface area contributed by atoms with E-state index in [4.69, 9.17) is 0 Å². The minimum Gasteiger partial charge on any atom is -0.314 e. The Bertz CT molecular complexity index is 151. The fourth-order valence-electron chi connectivity index (χ4n) is 2.20. The predicted octanol–water partition coefficient (Wildman–Crippen LogP) is 2.50. The minimum absolute atomic E-state index is 0.823. The molecule has 0 aliphatic carbocycles. The Hall–Kier alpha value is -0.0800. The topological polar surface area (TPSA) is 15.3 Å². The maximum absolute atomic E-state index is 3.56. The second-order valence-electron chi connectivity index (χ2n) is 5.42. The molecular weight excluding hydrogens is 184 g/mol. The van der Waals surface area contributed by atoms with Gasteiger partial charge in [-0.25, -0.2) is 0 Å². The van der Waals surface area contributed by atoms with Crippen molar-refractivity contribution in [3.05, 3.63) is 0 Å². The fraction of sp³-hybridized carbons (Fsp3) is 1.00. The standard InChI is InChI=1S/C13H28N2/c1-12(2)8-11-15(3)10-5-7-13-6-4-9-14-13/h12-14H,4-11H2,1-3H3. The van der Waals surface area contributed by atoms with Gasteiger partial charge in [0.2, 0.25) is 0 Å². The molecule has 0 saturated carbocycles. The molecule has 1 unspecified atom stereocenters. The van der Waals surface area contributed by atoms with E-state index in [2.05, 4.69) is 31.1 Å². The molecule has 90 valence electrons. The maximum Gasteiger partial charge on any atom is 0.00680 e. The van der Waals surface area contributed by atoms with Crippen LogP contribution in [0, 0.1) is 5.92 Å². The van der Waals surface area contributed by atoms with Crippen LogP contribution in [0.25, 0.3) is 0 Å². The van der Waals surface area contributed by atoms with Gasteiger partial charge in [0.15, 0.2) is 0 Å². The highest BCUT2D eigenvalue weighted by Crippen LogP contribution is 2.11. The molecule has 0 amide bonds. The minimum atomic E-state index is 0.823. The molecule has 0 radical (unpaired) electrons. The second-order valence-corrected chi connectivity index (χ2v) is 5.42. The Labute approximate surface area is 95.4 Å². The Morgan fingerprint density at radius 3 is 2.73 bits per heavy atom. The van der Waals surface area contributed by atoms with Crippen LogP contribution in [0.4, 0.5) is 0 Å². The number of hydrogen-bond acceptors (Lipinski definition) is 2. The van der Waals surface area contributed by atoms with E-state index < -0.39 is 0 Å². The molecule has 0 spiro atoms. The first-order valence-corrected chi connectivity index (χ1v) is 6.60. The third-order valence-corrected chi connectivity index (χ3v) is 3.34. The lowest BCUT2D eigenvalue weighted by atomic mass is 10.1. The van der Waals surface area contributed by atoms with Crippen LogP contribution < -0.4 is 5.32 Å². The highest BCUT2D eigenvalue weighted by molar-refractivity contribution is 4.74. The van der Waals surface area contributed by atoms with Crippen molar-refractivity contribution in [3.63, 3.8) is 0 Å². The van der Waals surface area contributed by atoms with Crippen molar-refractivity contribution < 1.29 is 0 Å². The van der Waals surface area contributed by atoms with E-state index >= 15 is 0 Å². The van der Waals surface area contributed by atoms with Crippen LogP contribution in [0.2, 0.25) is 0 Å². The normalized spacial score (nSPS) is 21.8. The molecule has 1 rings (SSSR count). The molecule has 15 heavy (non-hydrogen) atoms. The molecule has 1 saturated heterocycles. The van der Waals surface area contributed by atoms with Crippen molar-refractivity contribution in [2.45, 2.75) is 52.0 Å². The Balaban J connectivity index is 1.93. The molecule has 0 aromatic carbocycles. The zero-order valence-electron chi connectivity index (χ0n) is 10.8. The van der Waals surface area contributed by atoms with Crippen molar-refractivity contribution in [3.8, 4) is 0 Å². The fourth-order valence-corrected chi connectivity index (χ4v) is 2.20. The second kappa shape index (κ2) is 7.24. The summed E-state index contributed by atoms with van der Waals surface area (Å²) in [6.45, 7) is 8.38. The molecule has 1 aliphatic rings. The zero-order chi connectivity index (χ0) is 11.1. The Morgan fingerprint density at radius 1 is 1.33 bits per heavy atom. The van der Waals surface area contributed by atoms with Crippen LogP contribution in [-0.4, -0.2) is 37.6 Å². The van der Waals surface area contributed by atoms with Gasteiger partial charge in [-0.15, -0.1) is 0 Å². The van der Waals surface area contributed by atoms with Gasteiger partial charge >= 0.3 is 0 Å². The number of nitrogens with zero attached hydrogens (tertiary/aromatic N) is 1. The Morgan fingerprint density at radius 2 is 2.13 bits per heavy atom. The van der Waals surface area contributed by atoms with Gasteiger partial charge in [0.05, 0.1) is 0 Å². The van der Waals surface area contributed by atoms with E-state index in [1.807, 2.05) is 0 Å². The molecule has 1 fully saturated rings. The lowest BCUT2D eigenvalue weighted by molar-refractivity contribution is 0.298. The van der Waals surface area contributed by atoms with Gasteiger partial charge in [-0.3, -0.25) is 0 Å². The largest absolute Gasteiger partial charge is 0.314 e. The summed E-state index contributed by atoms with van der Waals surface area (Å²) in [5.74, 6) is 0.837. The van der Waals surface area contributed by atoms with E-state index in [9.17, 15) is 0 Å². The molecule has 0 aromatic rings. The Kier molecular flexibility index (Phi) is 6.26. The summed E-state index contributed by atoms with van der Waals surface area (Å²) in [7, 11) is 2.25. The van der Waals surface area contributed by atoms with Gasteiger partial charge in [0.25, 0.3) is 0 Å². The quantitative estimate of drug-likeness (QED) is 0.697. The average Bonchev–Trinajstić information content (AvgIpc) is 2.67. The molecule has 1 aliphatic heterocycles. The lowest BCUT2D eigenvalue weighted by Gasteiger charge is -2.18. The van der Waals surface area contributed by atoms with Crippen LogP contribution in [-0.2, 0) is 0 Å². The molecule has 0 aromatic heterocycles. The molecule has 1 atom stereocenters. The predicted molar refractivity (Wildman–Crippen MR) is 67.2 cm³/mol. The lowest BCUT2D eigenvalue weighted by Crippen LogP contribution is -2.25. The summed E-state index contributed by atoms with van der Waals surface area (Å²) in [5.41, 5.74) is 0. The molecular formula is C13H28N2. The van der Waals surface area contributed by atoms with Crippen LogP contribution >= 0.6 is 0 Å². The SMILES string of the molecule is CC(C)CCN(C)CCCC1CCCN1. The van der Waals surface area contributed by atoms with E-state index in [1.54, 1.807) is 0 Å². The summed E-state index contributed by atoms with van der Waals surface area (Å²) in [6, 6.07) is 0.823. The van der Waals surface area contributed by atoms with Crippen LogP contribution in [0.5, 0.6) is 0 Å². The average molecular weight is 212 g/mol. The van der Waals surface area contributed by atoms with Gasteiger partial charge in [0, 0.05) is 6.04 Å². The van der Waals surface area contributed by atoms with E-state index in [0.29, 0.717) is 0 Å². The third-order valence-electron chi connectivity index (χ3n) is 3.34. The first-order chi connectivity index (χ1) is 7.18. The molecule has 1 heterocycles. The smallest absolute Gasteiger partial charge is 0.00680 e. The highest BCUT2D eigenvalue weighted by Gasteiger charge is 2.13. The van der Waals surface area contributed by atoms with Crippen molar-refractivity contribution in [1.29, 1.82) is 0 Å². The first-order valence-electron chi connectivity index (χ1n) is 6.60. The molecule has 2 heteroatoms. The van der Waals surface area contributed by atoms with E-state index in [1.165, 1.54) is 51.7 Å². The van der Waals surface area contributed by atoms with Crippen molar-refractivity contribution >= 4 is 0 Å². The summed E-state index contributed by atoms with van der Waals surface area (Å²) < 4.78 is 0. The summed E-state index contributed by atoms with van der Waals surface area (Å²) in [6.07, 6.45) is 6.83. The van der Waals surface area contributed by atoms with Crippen molar-refractivity contribution in [1.82, 2.24) is 10.2 Å². The highest BCUT2D eigenvalue weighted by atomic mass is 15.1. The number of hydrogen-bond donors (Lipinski definition) is 1. The summed E-state index contributed by atoms with van der Waals surface area (Å²) in [4.78, 5) is 2.48. The molecule has 0 bridgehead atoms. The van der Waals surface area contributed by atoms with Crippen molar-refractivity contribution in [2.24, 2.45) is 5.92 Å². The van der Waals surface area contributed by atoms with Gasteiger partial charge in [-0.05, 0) is 64.7 Å². The maximum atomic E-state index is 3.56. The number of nitrogens with one attached hydrogen (secondary N) is 1. The van der Waals surface area contributed by atoms with Crippen LogP contribution in [0.15, 0.2) is 0 Å². The van der Waals surface area contributed by atoms with E-state index in [0.717, 1.165) is 12.0 Å². The summed E-state index contributed by atoms with van der Waals surface area (Å²) in [5, 5.41) is 3.56. The number of rotatable bonds is 7.